The fourth-order valence-electron chi connectivity index (χ4n) is 3.09. The molecule has 0 bridgehead atoms. The molecule has 1 saturated heterocycles. The molecule has 2 fully saturated rings. The predicted molar refractivity (Wildman–Crippen MR) is 77.4 cm³/mol. The molecule has 0 unspecified atom stereocenters. The lowest BCUT2D eigenvalue weighted by Gasteiger charge is -2.23. The Bertz CT molecular complexity index is 603. The highest BCUT2D eigenvalue weighted by Crippen LogP contribution is 2.49. The molecule has 3 atom stereocenters. The summed E-state index contributed by atoms with van der Waals surface area (Å²) in [6, 6.07) is 9.25. The van der Waals surface area contributed by atoms with Crippen LogP contribution in [0.2, 0.25) is 0 Å². The van der Waals surface area contributed by atoms with E-state index < -0.39 is 28.6 Å². The lowest BCUT2D eigenvalue weighted by atomic mass is 9.97. The van der Waals surface area contributed by atoms with E-state index in [9.17, 15) is 19.5 Å². The third kappa shape index (κ3) is 2.38. The highest BCUT2D eigenvalue weighted by atomic mass is 32.2. The van der Waals surface area contributed by atoms with Crippen LogP contribution < -0.4 is 5.32 Å². The van der Waals surface area contributed by atoms with Gasteiger partial charge in [0.15, 0.2) is 5.12 Å². The maximum atomic E-state index is 12.3. The van der Waals surface area contributed by atoms with Gasteiger partial charge < -0.3 is 5.11 Å². The number of aliphatic hydroxyl groups is 1. The summed E-state index contributed by atoms with van der Waals surface area (Å²) in [6.07, 6.45) is 0.0719. The van der Waals surface area contributed by atoms with E-state index in [-0.39, 0.29) is 11.5 Å². The van der Waals surface area contributed by atoms with Crippen molar-refractivity contribution < 1.29 is 19.5 Å². The summed E-state index contributed by atoms with van der Waals surface area (Å²) < 4.78 is -1.12. The zero-order valence-electron chi connectivity index (χ0n) is 11.2. The smallest absolute Gasteiger partial charge is 0.244 e. The maximum Gasteiger partial charge on any atom is 0.244 e. The Hall–Kier alpha value is -1.66. The van der Waals surface area contributed by atoms with Crippen molar-refractivity contribution in [1.82, 2.24) is 5.32 Å². The van der Waals surface area contributed by atoms with E-state index in [0.29, 0.717) is 12.8 Å². The van der Waals surface area contributed by atoms with Gasteiger partial charge in [-0.2, -0.15) is 0 Å². The second kappa shape index (κ2) is 5.27. The highest BCUT2D eigenvalue weighted by Gasteiger charge is 2.62. The molecule has 2 aliphatic rings. The van der Waals surface area contributed by atoms with Crippen LogP contribution in [-0.2, 0) is 20.8 Å². The van der Waals surface area contributed by atoms with Crippen LogP contribution in [0.3, 0.4) is 0 Å². The van der Waals surface area contributed by atoms with E-state index in [0.717, 1.165) is 17.3 Å². The number of fused-ring (bicyclic) bond motifs is 1. The van der Waals surface area contributed by atoms with Gasteiger partial charge in [0.05, 0.1) is 12.0 Å². The number of hydrogen-bond acceptors (Lipinski definition) is 5. The Kier molecular flexibility index (Phi) is 3.59. The van der Waals surface area contributed by atoms with Gasteiger partial charge in [0.25, 0.3) is 0 Å². The summed E-state index contributed by atoms with van der Waals surface area (Å²) >= 11 is 0.904. The minimum absolute atomic E-state index is 0.162. The van der Waals surface area contributed by atoms with Crippen molar-refractivity contribution in [2.24, 2.45) is 5.92 Å². The number of rotatable bonds is 3. The second-order valence-corrected chi connectivity index (χ2v) is 6.82. The summed E-state index contributed by atoms with van der Waals surface area (Å²) in [5.41, 5.74) is 0.867. The van der Waals surface area contributed by atoms with Crippen molar-refractivity contribution in [3.05, 3.63) is 35.9 Å². The minimum atomic E-state index is -1.12. The summed E-state index contributed by atoms with van der Waals surface area (Å²) in [4.78, 5) is 36.2. The molecular weight excluding hydrogens is 290 g/mol. The lowest BCUT2D eigenvalue weighted by molar-refractivity contribution is -0.127. The van der Waals surface area contributed by atoms with Crippen molar-refractivity contribution in [3.63, 3.8) is 0 Å². The van der Waals surface area contributed by atoms with Crippen LogP contribution in [0.1, 0.15) is 18.4 Å². The largest absolute Gasteiger partial charge is 0.392 e. The molecule has 2 N–H and O–H groups in total. The maximum absolute atomic E-state index is 12.3. The molecule has 1 aromatic carbocycles. The molecule has 1 aliphatic heterocycles. The van der Waals surface area contributed by atoms with Crippen LogP contribution in [-0.4, -0.2) is 32.9 Å². The molecule has 1 aromatic rings. The molecule has 110 valence electrons. The second-order valence-electron chi connectivity index (χ2n) is 5.43. The van der Waals surface area contributed by atoms with Crippen LogP contribution in [0.25, 0.3) is 0 Å². The molecule has 1 heterocycles. The summed E-state index contributed by atoms with van der Waals surface area (Å²) in [7, 11) is 0. The standard InChI is InChI=1S/C15H15NO4S/c17-10-6-7-15(12(10)13(19)16-14(15)20)21-11(18)8-9-4-2-1-3-5-9/h1-5,10,12,17H,6-8H2,(H,16,19,20)/t10-,12-,15+/m0/s1. The highest BCUT2D eigenvalue weighted by molar-refractivity contribution is 8.15. The molecule has 21 heavy (non-hydrogen) atoms. The molecule has 5 nitrogen and oxygen atoms in total. The first kappa shape index (κ1) is 14.3. The van der Waals surface area contributed by atoms with E-state index in [1.807, 2.05) is 30.3 Å². The number of carbonyl (C=O) groups is 3. The number of thioether (sulfide) groups is 1. The van der Waals surface area contributed by atoms with Gasteiger partial charge in [0.2, 0.25) is 11.8 Å². The first-order valence-electron chi connectivity index (χ1n) is 6.82. The molecule has 1 saturated carbocycles. The number of hydrogen-bond donors (Lipinski definition) is 2. The van der Waals surface area contributed by atoms with E-state index >= 15 is 0 Å². The van der Waals surface area contributed by atoms with Crippen molar-refractivity contribution in [2.75, 3.05) is 0 Å². The van der Waals surface area contributed by atoms with Gasteiger partial charge >= 0.3 is 0 Å². The van der Waals surface area contributed by atoms with E-state index in [1.165, 1.54) is 0 Å². The Balaban J connectivity index is 1.78. The van der Waals surface area contributed by atoms with Crippen molar-refractivity contribution in [3.8, 4) is 0 Å². The zero-order chi connectivity index (χ0) is 15.0. The number of aliphatic hydroxyl groups excluding tert-OH is 1. The molecule has 6 heteroatoms. The SMILES string of the molecule is O=C(Cc1ccccc1)S[C@]12CC[C@H](O)[C@H]1C(=O)NC2=O. The van der Waals surface area contributed by atoms with Crippen LogP contribution in [0.4, 0.5) is 0 Å². The van der Waals surface area contributed by atoms with Crippen molar-refractivity contribution in [2.45, 2.75) is 30.1 Å². The summed E-state index contributed by atoms with van der Waals surface area (Å²) in [5, 5.41) is 12.0. The molecule has 0 aromatic heterocycles. The lowest BCUT2D eigenvalue weighted by Crippen LogP contribution is -2.39. The molecule has 1 aliphatic carbocycles. The van der Waals surface area contributed by atoms with Gasteiger partial charge in [-0.3, -0.25) is 19.7 Å². The van der Waals surface area contributed by atoms with Gasteiger partial charge in [-0.15, -0.1) is 0 Å². The van der Waals surface area contributed by atoms with Crippen LogP contribution in [0.5, 0.6) is 0 Å². The van der Waals surface area contributed by atoms with Gasteiger partial charge in [-0.25, -0.2) is 0 Å². The Labute approximate surface area is 126 Å². The molecule has 2 amide bonds. The quantitative estimate of drug-likeness (QED) is 0.801. The van der Waals surface area contributed by atoms with Gasteiger partial charge in [-0.05, 0) is 18.4 Å². The fraction of sp³-hybridized carbons (Fsp3) is 0.400. The Morgan fingerprint density at radius 1 is 1.33 bits per heavy atom. The van der Waals surface area contributed by atoms with Gasteiger partial charge in [-0.1, -0.05) is 42.1 Å². The average Bonchev–Trinajstić information content (AvgIpc) is 2.89. The van der Waals surface area contributed by atoms with Gasteiger partial charge in [0.1, 0.15) is 4.75 Å². The number of benzene rings is 1. The summed E-state index contributed by atoms with van der Waals surface area (Å²) in [6.45, 7) is 0. The van der Waals surface area contributed by atoms with Crippen LogP contribution in [0.15, 0.2) is 30.3 Å². The minimum Gasteiger partial charge on any atom is -0.392 e. The van der Waals surface area contributed by atoms with Crippen LogP contribution in [0, 0.1) is 5.92 Å². The van der Waals surface area contributed by atoms with Crippen molar-refractivity contribution >= 4 is 28.7 Å². The molecule has 0 spiro atoms. The number of carbonyl (C=O) groups excluding carboxylic acids is 3. The summed E-state index contributed by atoms with van der Waals surface area (Å²) in [5.74, 6) is -1.72. The van der Waals surface area contributed by atoms with E-state index in [1.54, 1.807) is 0 Å². The van der Waals surface area contributed by atoms with E-state index in [2.05, 4.69) is 5.32 Å². The van der Waals surface area contributed by atoms with Gasteiger partial charge in [0, 0.05) is 6.42 Å². The third-order valence-electron chi connectivity index (χ3n) is 4.09. The zero-order valence-corrected chi connectivity index (χ0v) is 12.1. The predicted octanol–water partition coefficient (Wildman–Crippen LogP) is 0.655. The average molecular weight is 305 g/mol. The normalized spacial score (nSPS) is 31.1. The first-order valence-corrected chi connectivity index (χ1v) is 7.64. The molecule has 3 rings (SSSR count). The van der Waals surface area contributed by atoms with E-state index in [4.69, 9.17) is 0 Å². The first-order chi connectivity index (χ1) is 10.0. The van der Waals surface area contributed by atoms with Crippen molar-refractivity contribution in [1.29, 1.82) is 0 Å². The Morgan fingerprint density at radius 2 is 2.05 bits per heavy atom. The molecule has 0 radical (unpaired) electrons. The molecular formula is C15H15NO4S. The Morgan fingerprint density at radius 3 is 2.76 bits per heavy atom. The van der Waals surface area contributed by atoms with Crippen LogP contribution >= 0.6 is 11.8 Å². The number of imide groups is 1. The third-order valence-corrected chi connectivity index (χ3v) is 5.47. The number of nitrogens with one attached hydrogen (secondary N) is 1. The fourth-order valence-corrected chi connectivity index (χ4v) is 4.49. The topological polar surface area (TPSA) is 83.5 Å². The monoisotopic (exact) mass is 305 g/mol. The number of amides is 2.